The lowest BCUT2D eigenvalue weighted by atomic mass is 10.2. The maximum atomic E-state index is 13.4. The molecule has 136 valence electrons. The van der Waals surface area contributed by atoms with Gasteiger partial charge in [0.2, 0.25) is 5.82 Å². The Morgan fingerprint density at radius 2 is 2.08 bits per heavy atom. The van der Waals surface area contributed by atoms with E-state index in [-0.39, 0.29) is 18.1 Å². The molecule has 24 heavy (non-hydrogen) atoms. The van der Waals surface area contributed by atoms with Gasteiger partial charge in [0.25, 0.3) is 5.56 Å². The topological polar surface area (TPSA) is 93.5 Å². The predicted molar refractivity (Wildman–Crippen MR) is 89.0 cm³/mol. The molecule has 2 rings (SSSR count). The fourth-order valence-corrected chi connectivity index (χ4v) is 3.23. The van der Waals surface area contributed by atoms with Crippen LogP contribution in [0.15, 0.2) is 15.8 Å². The molecule has 1 fully saturated rings. The Balaban J connectivity index is 2.09. The Bertz CT molecular complexity index is 709. The van der Waals surface area contributed by atoms with Gasteiger partial charge in [-0.25, -0.2) is 4.79 Å². The van der Waals surface area contributed by atoms with Gasteiger partial charge in [-0.3, -0.25) is 14.3 Å². The predicted octanol–water partition coefficient (Wildman–Crippen LogP) is 1.35. The molecule has 0 amide bonds. The number of hydrogen-bond donors (Lipinski definition) is 2. The van der Waals surface area contributed by atoms with E-state index in [1.54, 1.807) is 0 Å². The Labute approximate surface area is 140 Å². The number of nitrogens with zero attached hydrogens (tertiary/aromatic N) is 1. The van der Waals surface area contributed by atoms with Crippen LogP contribution in [0.3, 0.4) is 0 Å². The van der Waals surface area contributed by atoms with Crippen molar-refractivity contribution in [2.24, 2.45) is 0 Å². The van der Waals surface area contributed by atoms with Gasteiger partial charge in [0.05, 0.1) is 18.9 Å². The highest BCUT2D eigenvalue weighted by Crippen LogP contribution is 2.37. The Kier molecular flexibility index (Phi) is 5.19. The smallest absolute Gasteiger partial charge is 0.330 e. The molecule has 1 aliphatic rings. The van der Waals surface area contributed by atoms with Gasteiger partial charge in [0, 0.05) is 6.42 Å². The number of aromatic amines is 1. The van der Waals surface area contributed by atoms with E-state index < -0.39 is 43.8 Å². The summed E-state index contributed by atoms with van der Waals surface area (Å²) in [5, 5.41) is 10.2. The molecule has 1 aromatic rings. The van der Waals surface area contributed by atoms with Crippen molar-refractivity contribution in [3.63, 3.8) is 0 Å². The minimum Gasteiger partial charge on any atom is -0.414 e. The maximum Gasteiger partial charge on any atom is 0.330 e. The summed E-state index contributed by atoms with van der Waals surface area (Å²) in [6.07, 6.45) is -1.36. The third kappa shape index (κ3) is 3.85. The summed E-state index contributed by atoms with van der Waals surface area (Å²) < 4.78 is 26.1. The molecule has 1 aliphatic heterocycles. The number of halogens is 1. The molecule has 2 N–H and O–H groups in total. The Morgan fingerprint density at radius 1 is 1.46 bits per heavy atom. The molecular formula is C15H25FN2O5Si. The van der Waals surface area contributed by atoms with Crippen LogP contribution < -0.4 is 11.2 Å². The highest BCUT2D eigenvalue weighted by molar-refractivity contribution is 6.74. The lowest BCUT2D eigenvalue weighted by Gasteiger charge is -2.37. The van der Waals surface area contributed by atoms with Crippen LogP contribution in [0.25, 0.3) is 0 Å². The van der Waals surface area contributed by atoms with Crippen LogP contribution in [0.4, 0.5) is 4.39 Å². The highest BCUT2D eigenvalue weighted by Gasteiger charge is 2.41. The van der Waals surface area contributed by atoms with Crippen molar-refractivity contribution in [1.82, 2.24) is 9.55 Å². The summed E-state index contributed by atoms with van der Waals surface area (Å²) in [4.78, 5) is 24.8. The first-order chi connectivity index (χ1) is 10.9. The molecule has 0 aliphatic carbocycles. The van der Waals surface area contributed by atoms with Crippen LogP contribution in [0.2, 0.25) is 18.1 Å². The first kappa shape index (κ1) is 19.0. The average molecular weight is 360 g/mol. The van der Waals surface area contributed by atoms with Crippen LogP contribution in [-0.2, 0) is 9.16 Å². The van der Waals surface area contributed by atoms with E-state index in [0.717, 1.165) is 10.8 Å². The van der Waals surface area contributed by atoms with Crippen molar-refractivity contribution in [2.45, 2.75) is 63.8 Å². The molecule has 1 unspecified atom stereocenters. The third-order valence-electron chi connectivity index (χ3n) is 4.85. The number of hydrogen-bond acceptors (Lipinski definition) is 5. The zero-order valence-electron chi connectivity index (χ0n) is 14.6. The second-order valence-corrected chi connectivity index (χ2v) is 12.5. The van der Waals surface area contributed by atoms with Gasteiger partial charge in [0.15, 0.2) is 8.32 Å². The molecule has 1 saturated heterocycles. The van der Waals surface area contributed by atoms with Crippen LogP contribution in [-0.4, -0.2) is 41.8 Å². The molecule has 0 saturated carbocycles. The van der Waals surface area contributed by atoms with E-state index in [1.807, 2.05) is 4.98 Å². The number of nitrogens with one attached hydrogen (secondary N) is 1. The largest absolute Gasteiger partial charge is 0.414 e. The number of aliphatic hydroxyl groups excluding tert-OH is 1. The number of rotatable bonds is 4. The van der Waals surface area contributed by atoms with E-state index in [9.17, 15) is 19.1 Å². The fourth-order valence-electron chi connectivity index (χ4n) is 2.22. The number of aliphatic hydroxyl groups is 1. The third-order valence-corrected chi connectivity index (χ3v) is 9.35. The van der Waals surface area contributed by atoms with Crippen LogP contribution >= 0.6 is 0 Å². The molecule has 7 nitrogen and oxygen atoms in total. The first-order valence-corrected chi connectivity index (χ1v) is 10.8. The normalized spacial score (nSPS) is 25.2. The SMILES string of the molecule is CC(C)(C)[Si](C)(C)OC[C@@H]1O[C@H](n2cc(F)c(=O)[nH]c2=O)CC1O. The summed E-state index contributed by atoms with van der Waals surface area (Å²) in [7, 11) is -2.00. The van der Waals surface area contributed by atoms with Crippen molar-refractivity contribution in [1.29, 1.82) is 0 Å². The molecule has 0 radical (unpaired) electrons. The van der Waals surface area contributed by atoms with Gasteiger partial charge in [-0.05, 0) is 18.1 Å². The van der Waals surface area contributed by atoms with Crippen LogP contribution in [0, 0.1) is 5.82 Å². The Hall–Kier alpha value is -1.29. The highest BCUT2D eigenvalue weighted by atomic mass is 28.4. The summed E-state index contributed by atoms with van der Waals surface area (Å²) in [5.41, 5.74) is -1.85. The summed E-state index contributed by atoms with van der Waals surface area (Å²) >= 11 is 0. The molecule has 3 atom stereocenters. The second-order valence-electron chi connectivity index (χ2n) is 7.65. The van der Waals surface area contributed by atoms with Gasteiger partial charge < -0.3 is 14.3 Å². The van der Waals surface area contributed by atoms with Gasteiger partial charge in [0.1, 0.15) is 12.3 Å². The molecule has 1 aromatic heterocycles. The van der Waals surface area contributed by atoms with Crippen LogP contribution in [0.1, 0.15) is 33.4 Å². The Morgan fingerprint density at radius 3 is 2.67 bits per heavy atom. The van der Waals surface area contributed by atoms with Crippen molar-refractivity contribution >= 4 is 8.32 Å². The molecular weight excluding hydrogens is 335 g/mol. The lowest BCUT2D eigenvalue weighted by molar-refractivity contribution is -0.0435. The van der Waals surface area contributed by atoms with E-state index in [0.29, 0.717) is 0 Å². The molecule has 0 spiro atoms. The molecule has 0 bridgehead atoms. The number of ether oxygens (including phenoxy) is 1. The van der Waals surface area contributed by atoms with Gasteiger partial charge >= 0.3 is 5.69 Å². The summed E-state index contributed by atoms with van der Waals surface area (Å²) in [6, 6.07) is 0. The van der Waals surface area contributed by atoms with Gasteiger partial charge in [-0.15, -0.1) is 0 Å². The van der Waals surface area contributed by atoms with Gasteiger partial charge in [-0.1, -0.05) is 20.8 Å². The molecule has 0 aromatic carbocycles. The van der Waals surface area contributed by atoms with Crippen molar-refractivity contribution in [2.75, 3.05) is 6.61 Å². The minimum atomic E-state index is -2.00. The quantitative estimate of drug-likeness (QED) is 0.791. The minimum absolute atomic E-state index is 0.0228. The second kappa shape index (κ2) is 6.55. The van der Waals surface area contributed by atoms with Crippen LogP contribution in [0.5, 0.6) is 0 Å². The zero-order chi connectivity index (χ0) is 18.3. The average Bonchev–Trinajstić information content (AvgIpc) is 2.80. The zero-order valence-corrected chi connectivity index (χ0v) is 15.6. The maximum absolute atomic E-state index is 13.4. The van der Waals surface area contributed by atoms with Crippen molar-refractivity contribution < 1.29 is 18.7 Å². The summed E-state index contributed by atoms with van der Waals surface area (Å²) in [6.45, 7) is 10.7. The van der Waals surface area contributed by atoms with E-state index >= 15 is 0 Å². The first-order valence-electron chi connectivity index (χ1n) is 7.91. The standard InChI is InChI=1S/C15H25FN2O5Si/c1-15(2,3)24(4,5)22-8-11-10(19)6-12(23-11)18-7-9(16)13(20)17-14(18)21/h7,10-12,19H,6,8H2,1-5H3,(H,17,20,21)/t10?,11-,12-/m0/s1. The monoisotopic (exact) mass is 360 g/mol. The van der Waals surface area contributed by atoms with E-state index in [4.69, 9.17) is 9.16 Å². The number of aromatic nitrogens is 2. The van der Waals surface area contributed by atoms with E-state index in [2.05, 4.69) is 33.9 Å². The molecule has 9 heteroatoms. The van der Waals surface area contributed by atoms with Crippen molar-refractivity contribution in [3.05, 3.63) is 32.9 Å². The number of H-pyrrole nitrogens is 1. The fraction of sp³-hybridized carbons (Fsp3) is 0.733. The lowest BCUT2D eigenvalue weighted by Crippen LogP contribution is -2.44. The molecule has 2 heterocycles. The summed E-state index contributed by atoms with van der Waals surface area (Å²) in [5.74, 6) is -1.08. The van der Waals surface area contributed by atoms with E-state index in [1.165, 1.54) is 0 Å². The van der Waals surface area contributed by atoms with Crippen molar-refractivity contribution in [3.8, 4) is 0 Å². The van der Waals surface area contributed by atoms with Gasteiger partial charge in [-0.2, -0.15) is 4.39 Å².